The summed E-state index contributed by atoms with van der Waals surface area (Å²) < 4.78 is 11.8. The number of fused-ring (bicyclic) bond motifs is 5. The maximum atomic E-state index is 6.29. The van der Waals surface area contributed by atoms with E-state index < -0.39 is 0 Å². The molecule has 4 atom stereocenters. The summed E-state index contributed by atoms with van der Waals surface area (Å²) in [7, 11) is 1.74. The molecule has 2 saturated heterocycles. The molecule has 2 fully saturated rings. The fourth-order valence-electron chi connectivity index (χ4n) is 4.32. The number of ether oxygens (including phenoxy) is 2. The molecule has 0 saturated carbocycles. The Labute approximate surface area is 120 Å². The van der Waals surface area contributed by atoms with Crippen LogP contribution in [0.4, 0.5) is 5.69 Å². The fraction of sp³-hybridized carbons (Fsp3) is 0.529. The predicted molar refractivity (Wildman–Crippen MR) is 79.2 cm³/mol. The molecule has 3 nitrogen and oxygen atoms in total. The van der Waals surface area contributed by atoms with Crippen LogP contribution in [0.25, 0.3) is 0 Å². The van der Waals surface area contributed by atoms with Gasteiger partial charge in [-0.15, -0.1) is 0 Å². The molecule has 0 amide bonds. The van der Waals surface area contributed by atoms with Crippen molar-refractivity contribution in [2.45, 2.75) is 25.0 Å². The molecule has 3 aliphatic rings. The van der Waals surface area contributed by atoms with Gasteiger partial charge in [0.05, 0.1) is 24.0 Å². The zero-order valence-corrected chi connectivity index (χ0v) is 12.3. The molecule has 1 aromatic rings. The molecule has 3 heterocycles. The van der Waals surface area contributed by atoms with E-state index in [9.17, 15) is 0 Å². The van der Waals surface area contributed by atoms with Gasteiger partial charge < -0.3 is 14.4 Å². The van der Waals surface area contributed by atoms with Crippen LogP contribution in [0.1, 0.15) is 13.8 Å². The average Bonchev–Trinajstić information content (AvgIpc) is 3.07. The van der Waals surface area contributed by atoms with E-state index in [-0.39, 0.29) is 11.2 Å². The van der Waals surface area contributed by atoms with Crippen LogP contribution in [-0.4, -0.2) is 31.4 Å². The van der Waals surface area contributed by atoms with E-state index in [0.717, 1.165) is 18.8 Å². The number of nitrogens with zero attached hydrogens (tertiary/aromatic N) is 1. The molecule has 4 rings (SSSR count). The van der Waals surface area contributed by atoms with Crippen LogP contribution >= 0.6 is 0 Å². The zero-order valence-electron chi connectivity index (χ0n) is 12.3. The van der Waals surface area contributed by atoms with E-state index in [1.165, 1.54) is 5.69 Å². The highest BCUT2D eigenvalue weighted by Crippen LogP contribution is 2.56. The van der Waals surface area contributed by atoms with Crippen LogP contribution in [-0.2, 0) is 4.74 Å². The third-order valence-electron chi connectivity index (χ3n) is 5.40. The molecule has 4 unspecified atom stereocenters. The Morgan fingerprint density at radius 3 is 2.30 bits per heavy atom. The monoisotopic (exact) mass is 271 g/mol. The van der Waals surface area contributed by atoms with Crippen molar-refractivity contribution < 1.29 is 9.47 Å². The molecule has 0 aromatic heterocycles. The number of rotatable bonds is 2. The molecule has 0 spiro atoms. The first-order valence-electron chi connectivity index (χ1n) is 7.34. The van der Waals surface area contributed by atoms with Crippen molar-refractivity contribution in [2.75, 3.05) is 25.1 Å². The third-order valence-corrected chi connectivity index (χ3v) is 5.40. The topological polar surface area (TPSA) is 21.7 Å². The minimum absolute atomic E-state index is 0.0871. The van der Waals surface area contributed by atoms with E-state index in [1.54, 1.807) is 7.11 Å². The van der Waals surface area contributed by atoms with Gasteiger partial charge in [0.25, 0.3) is 0 Å². The fourth-order valence-corrected chi connectivity index (χ4v) is 4.32. The van der Waals surface area contributed by atoms with Gasteiger partial charge in [0, 0.05) is 24.9 Å². The maximum Gasteiger partial charge on any atom is 0.142 e. The van der Waals surface area contributed by atoms with Crippen LogP contribution < -0.4 is 9.64 Å². The van der Waals surface area contributed by atoms with Crippen LogP contribution in [0.5, 0.6) is 5.75 Å². The Kier molecular flexibility index (Phi) is 2.33. The highest BCUT2D eigenvalue weighted by atomic mass is 16.5. The molecule has 2 bridgehead atoms. The lowest BCUT2D eigenvalue weighted by Gasteiger charge is -2.28. The molecular formula is C17H21NO2. The van der Waals surface area contributed by atoms with Gasteiger partial charge in [-0.05, 0) is 26.0 Å². The largest absolute Gasteiger partial charge is 0.495 e. The molecule has 20 heavy (non-hydrogen) atoms. The molecule has 0 N–H and O–H groups in total. The SMILES string of the molecule is COc1ccccc1N1CC2C(C1)C1(C)C=CC2(C)O1. The standard InChI is InChI=1S/C17H21NO2/c1-16-8-9-17(2,20-16)13-11-18(10-12(13)16)14-6-4-5-7-15(14)19-3/h4-9,12-13H,10-11H2,1-3H3. The van der Waals surface area contributed by atoms with Crippen molar-refractivity contribution in [3.8, 4) is 5.75 Å². The lowest BCUT2D eigenvalue weighted by molar-refractivity contribution is -0.0288. The molecule has 0 radical (unpaired) electrons. The van der Waals surface area contributed by atoms with Crippen LogP contribution in [0.3, 0.4) is 0 Å². The number of benzene rings is 1. The van der Waals surface area contributed by atoms with Crippen molar-refractivity contribution in [1.29, 1.82) is 0 Å². The highest BCUT2D eigenvalue weighted by molar-refractivity contribution is 5.60. The summed E-state index contributed by atoms with van der Waals surface area (Å²) in [5.41, 5.74) is 1.03. The van der Waals surface area contributed by atoms with Gasteiger partial charge in [0.2, 0.25) is 0 Å². The van der Waals surface area contributed by atoms with Crippen LogP contribution in [0, 0.1) is 11.8 Å². The number of methoxy groups -OCH3 is 1. The van der Waals surface area contributed by atoms with Crippen molar-refractivity contribution in [3.63, 3.8) is 0 Å². The number of hydrogen-bond acceptors (Lipinski definition) is 3. The van der Waals surface area contributed by atoms with Gasteiger partial charge in [-0.25, -0.2) is 0 Å². The van der Waals surface area contributed by atoms with Gasteiger partial charge in [-0.1, -0.05) is 24.3 Å². The first kappa shape index (κ1) is 12.3. The highest BCUT2D eigenvalue weighted by Gasteiger charge is 2.62. The molecule has 3 aliphatic heterocycles. The van der Waals surface area contributed by atoms with Gasteiger partial charge in [-0.3, -0.25) is 0 Å². The van der Waals surface area contributed by atoms with Gasteiger partial charge in [0.1, 0.15) is 5.75 Å². The average molecular weight is 271 g/mol. The van der Waals surface area contributed by atoms with E-state index in [1.807, 2.05) is 12.1 Å². The second-order valence-electron chi connectivity index (χ2n) is 6.59. The van der Waals surface area contributed by atoms with Gasteiger partial charge >= 0.3 is 0 Å². The number of hydrogen-bond donors (Lipinski definition) is 0. The first-order valence-corrected chi connectivity index (χ1v) is 7.34. The van der Waals surface area contributed by atoms with E-state index in [2.05, 4.69) is 43.0 Å². The Morgan fingerprint density at radius 2 is 1.70 bits per heavy atom. The molecule has 3 heteroatoms. The summed E-state index contributed by atoms with van der Waals surface area (Å²) in [6.07, 6.45) is 4.53. The van der Waals surface area contributed by atoms with E-state index in [0.29, 0.717) is 11.8 Å². The summed E-state index contributed by atoms with van der Waals surface area (Å²) >= 11 is 0. The number of anilines is 1. The van der Waals surface area contributed by atoms with Gasteiger partial charge in [-0.2, -0.15) is 0 Å². The second kappa shape index (κ2) is 3.79. The second-order valence-corrected chi connectivity index (χ2v) is 6.59. The Balaban J connectivity index is 1.67. The van der Waals surface area contributed by atoms with Crippen molar-refractivity contribution in [3.05, 3.63) is 36.4 Å². The minimum Gasteiger partial charge on any atom is -0.495 e. The van der Waals surface area contributed by atoms with E-state index >= 15 is 0 Å². The summed E-state index contributed by atoms with van der Waals surface area (Å²) in [5.74, 6) is 2.11. The van der Waals surface area contributed by atoms with E-state index in [4.69, 9.17) is 9.47 Å². The summed E-state index contributed by atoms with van der Waals surface area (Å²) in [4.78, 5) is 2.46. The molecule has 0 aliphatic carbocycles. The van der Waals surface area contributed by atoms with Crippen molar-refractivity contribution >= 4 is 5.69 Å². The van der Waals surface area contributed by atoms with Crippen LogP contribution in [0.15, 0.2) is 36.4 Å². The Hall–Kier alpha value is -1.48. The zero-order chi connectivity index (χ0) is 14.0. The lowest BCUT2D eigenvalue weighted by Crippen LogP contribution is -2.33. The maximum absolute atomic E-state index is 6.29. The Bertz CT molecular complexity index is 558. The Morgan fingerprint density at radius 1 is 1.10 bits per heavy atom. The minimum atomic E-state index is -0.0871. The lowest BCUT2D eigenvalue weighted by atomic mass is 9.74. The molecule has 1 aromatic carbocycles. The first-order chi connectivity index (χ1) is 9.56. The predicted octanol–water partition coefficient (Wildman–Crippen LogP) is 2.87. The quantitative estimate of drug-likeness (QED) is 0.772. The summed E-state index contributed by atoms with van der Waals surface area (Å²) in [6, 6.07) is 8.30. The van der Waals surface area contributed by atoms with Gasteiger partial charge in [0.15, 0.2) is 0 Å². The summed E-state index contributed by atoms with van der Waals surface area (Å²) in [6.45, 7) is 6.54. The van der Waals surface area contributed by atoms with Crippen molar-refractivity contribution in [1.82, 2.24) is 0 Å². The smallest absolute Gasteiger partial charge is 0.142 e. The molecule has 106 valence electrons. The normalized spacial score (nSPS) is 41.2. The number of para-hydroxylation sites is 2. The van der Waals surface area contributed by atoms with Crippen LogP contribution in [0.2, 0.25) is 0 Å². The molecular weight excluding hydrogens is 250 g/mol. The summed E-state index contributed by atoms with van der Waals surface area (Å²) in [5, 5.41) is 0. The van der Waals surface area contributed by atoms with Crippen molar-refractivity contribution in [2.24, 2.45) is 11.8 Å². The third kappa shape index (κ3) is 1.44.